The largest absolute Gasteiger partial charge is 0.494 e. The highest BCUT2D eigenvalue weighted by Gasteiger charge is 2.28. The lowest BCUT2D eigenvalue weighted by atomic mass is 9.97. The Balaban J connectivity index is 1.22. The molecule has 2 aliphatic heterocycles. The number of benzene rings is 1. The average molecular weight is 584 g/mol. The molecule has 0 aliphatic carbocycles. The summed E-state index contributed by atoms with van der Waals surface area (Å²) in [5.74, 6) is 1.75. The first-order chi connectivity index (χ1) is 21.0. The Bertz CT molecular complexity index is 1550. The molecular weight excluding hydrogens is 542 g/mol. The third-order valence-electron chi connectivity index (χ3n) is 8.60. The second-order valence-corrected chi connectivity index (χ2v) is 11.7. The summed E-state index contributed by atoms with van der Waals surface area (Å²) >= 11 is 0. The Hall–Kier alpha value is -4.18. The number of hydrogen-bond acceptors (Lipinski definition) is 6. The number of carbonyl (C=O) groups is 2. The molecule has 0 spiro atoms. The number of aryl methyl sites for hydroxylation is 1. The van der Waals surface area contributed by atoms with E-state index in [4.69, 9.17) is 4.74 Å². The quantitative estimate of drug-likeness (QED) is 0.393. The molecule has 3 aromatic heterocycles. The Morgan fingerprint density at radius 1 is 1.05 bits per heavy atom. The van der Waals surface area contributed by atoms with Gasteiger partial charge in [0.05, 0.1) is 24.2 Å². The summed E-state index contributed by atoms with van der Waals surface area (Å²) in [6, 6.07) is 12.3. The van der Waals surface area contributed by atoms with E-state index in [1.54, 1.807) is 0 Å². The van der Waals surface area contributed by atoms with Gasteiger partial charge in [0, 0.05) is 75.4 Å². The van der Waals surface area contributed by atoms with Crippen molar-refractivity contribution >= 4 is 17.3 Å². The van der Waals surface area contributed by atoms with Crippen LogP contribution in [0.5, 0.6) is 5.75 Å². The average Bonchev–Trinajstić information content (AvgIpc) is 3.66. The van der Waals surface area contributed by atoms with Gasteiger partial charge in [-0.2, -0.15) is 5.10 Å². The number of nitrogens with one attached hydrogen (secondary N) is 1. The number of ether oxygens (including phenoxy) is 1. The van der Waals surface area contributed by atoms with E-state index in [-0.39, 0.29) is 17.7 Å². The van der Waals surface area contributed by atoms with Crippen LogP contribution in [0.1, 0.15) is 43.2 Å². The number of hydrogen-bond donors (Lipinski definition) is 1. The van der Waals surface area contributed by atoms with Gasteiger partial charge in [-0.3, -0.25) is 14.5 Å². The maximum absolute atomic E-state index is 13.5. The summed E-state index contributed by atoms with van der Waals surface area (Å²) in [6.07, 6.45) is 11.6. The van der Waals surface area contributed by atoms with Crippen LogP contribution in [0.3, 0.4) is 0 Å². The highest BCUT2D eigenvalue weighted by Crippen LogP contribution is 2.24. The first-order valence-corrected chi connectivity index (χ1v) is 15.5. The minimum atomic E-state index is -0.151. The van der Waals surface area contributed by atoms with Crippen LogP contribution in [0.2, 0.25) is 0 Å². The molecule has 1 aromatic carbocycles. The van der Waals surface area contributed by atoms with Crippen molar-refractivity contribution in [3.63, 3.8) is 0 Å². The number of fused-ring (bicyclic) bond motifs is 5. The zero-order valence-electron chi connectivity index (χ0n) is 25.0. The molecular formula is C33H41N7O3. The first-order valence-electron chi connectivity index (χ1n) is 15.5. The van der Waals surface area contributed by atoms with E-state index in [9.17, 15) is 9.59 Å². The van der Waals surface area contributed by atoms with E-state index in [0.717, 1.165) is 62.6 Å². The van der Waals surface area contributed by atoms with E-state index in [0.29, 0.717) is 39.1 Å². The summed E-state index contributed by atoms with van der Waals surface area (Å²) in [5.41, 5.74) is 4.62. The predicted octanol–water partition coefficient (Wildman–Crippen LogP) is 3.93. The maximum atomic E-state index is 13.5. The van der Waals surface area contributed by atoms with Crippen LogP contribution in [-0.2, 0) is 22.7 Å². The van der Waals surface area contributed by atoms with Gasteiger partial charge < -0.3 is 19.5 Å². The number of piperidine rings is 1. The van der Waals surface area contributed by atoms with Crippen LogP contribution in [0, 0.1) is 12.8 Å². The van der Waals surface area contributed by atoms with Gasteiger partial charge in [-0.05, 0) is 62.9 Å². The zero-order chi connectivity index (χ0) is 29.6. The molecule has 1 unspecified atom stereocenters. The van der Waals surface area contributed by atoms with Crippen LogP contribution in [-0.4, -0.2) is 80.1 Å². The van der Waals surface area contributed by atoms with Crippen LogP contribution in [0.25, 0.3) is 16.9 Å². The molecule has 1 fully saturated rings. The fourth-order valence-corrected chi connectivity index (χ4v) is 6.26. The minimum Gasteiger partial charge on any atom is -0.494 e. The number of aromatic nitrogens is 4. The van der Waals surface area contributed by atoms with Crippen LogP contribution in [0.4, 0.5) is 0 Å². The lowest BCUT2D eigenvalue weighted by molar-refractivity contribution is -0.137. The zero-order valence-corrected chi connectivity index (χ0v) is 25.0. The molecule has 1 N–H and O–H groups in total. The third kappa shape index (κ3) is 6.91. The van der Waals surface area contributed by atoms with Crippen molar-refractivity contribution in [2.45, 2.75) is 52.1 Å². The number of imidazole rings is 1. The maximum Gasteiger partial charge on any atom is 0.227 e. The lowest BCUT2D eigenvalue weighted by Gasteiger charge is -2.30. The van der Waals surface area contributed by atoms with Crippen LogP contribution < -0.4 is 10.1 Å². The van der Waals surface area contributed by atoms with E-state index >= 15 is 0 Å². The molecule has 2 amide bonds. The Labute approximate surface area is 252 Å². The van der Waals surface area contributed by atoms with Gasteiger partial charge in [0.25, 0.3) is 0 Å². The Morgan fingerprint density at radius 2 is 1.93 bits per heavy atom. The number of pyridine rings is 1. The van der Waals surface area contributed by atoms with Gasteiger partial charge in [0.1, 0.15) is 11.6 Å². The SMILES string of the molecule is Cc1cccn2ncc(CN3CCCCN(C(=O)C4CCC(=O)NC4)CCCOc4cccc(c4)-c4nccn4CC3)c12. The number of amides is 2. The molecule has 43 heavy (non-hydrogen) atoms. The summed E-state index contributed by atoms with van der Waals surface area (Å²) < 4.78 is 10.3. The van der Waals surface area contributed by atoms with Crippen molar-refractivity contribution in [1.29, 1.82) is 0 Å². The van der Waals surface area contributed by atoms with Gasteiger partial charge in [-0.15, -0.1) is 0 Å². The van der Waals surface area contributed by atoms with E-state index < -0.39 is 0 Å². The van der Waals surface area contributed by atoms with Gasteiger partial charge in [0.2, 0.25) is 11.8 Å². The van der Waals surface area contributed by atoms with Crippen molar-refractivity contribution in [2.75, 3.05) is 39.3 Å². The van der Waals surface area contributed by atoms with Gasteiger partial charge in [0.15, 0.2) is 0 Å². The smallest absolute Gasteiger partial charge is 0.227 e. The van der Waals surface area contributed by atoms with Gasteiger partial charge >= 0.3 is 0 Å². The molecule has 5 heterocycles. The van der Waals surface area contributed by atoms with Crippen LogP contribution >= 0.6 is 0 Å². The summed E-state index contributed by atoms with van der Waals surface area (Å²) in [7, 11) is 0. The molecule has 10 nitrogen and oxygen atoms in total. The molecule has 1 atom stereocenters. The number of carbonyl (C=O) groups excluding carboxylic acids is 2. The number of nitrogens with zero attached hydrogens (tertiary/aromatic N) is 6. The standard InChI is InChI=1S/C33H41N7O3/c1-25-7-5-16-40-31(25)28(23-36-40)24-37-13-2-3-14-39(33(42)27-10-11-30(41)35-22-27)15-6-20-43-29-9-4-8-26(21-29)32-34-12-17-38(32)19-18-37/h4-5,7-9,12,16-17,21,23,27H,2-3,6,10-11,13-15,18-20,22,24H2,1H3,(H,35,41). The van der Waals surface area contributed by atoms with Crippen molar-refractivity contribution in [2.24, 2.45) is 5.92 Å². The molecule has 2 bridgehead atoms. The van der Waals surface area contributed by atoms with E-state index in [1.807, 2.05) is 58.5 Å². The molecule has 2 aliphatic rings. The van der Waals surface area contributed by atoms with Crippen molar-refractivity contribution in [3.05, 3.63) is 72.3 Å². The first kappa shape index (κ1) is 28.9. The van der Waals surface area contributed by atoms with Gasteiger partial charge in [-0.25, -0.2) is 9.50 Å². The van der Waals surface area contributed by atoms with Crippen molar-refractivity contribution < 1.29 is 14.3 Å². The third-order valence-corrected chi connectivity index (χ3v) is 8.60. The topological polar surface area (TPSA) is 97.0 Å². The molecule has 10 heteroatoms. The highest BCUT2D eigenvalue weighted by atomic mass is 16.5. The minimum absolute atomic E-state index is 0.0343. The van der Waals surface area contributed by atoms with Crippen molar-refractivity contribution in [3.8, 4) is 17.1 Å². The molecule has 226 valence electrons. The molecule has 4 aromatic rings. The lowest BCUT2D eigenvalue weighted by Crippen LogP contribution is -2.45. The predicted molar refractivity (Wildman–Crippen MR) is 165 cm³/mol. The molecule has 6 rings (SSSR count). The summed E-state index contributed by atoms with van der Waals surface area (Å²) in [5, 5.41) is 7.49. The summed E-state index contributed by atoms with van der Waals surface area (Å²) in [6.45, 7) is 7.79. The van der Waals surface area contributed by atoms with Crippen LogP contribution in [0.15, 0.2) is 61.2 Å². The normalized spacial score (nSPS) is 19.3. The monoisotopic (exact) mass is 583 g/mol. The Kier molecular flexibility index (Phi) is 9.02. The van der Waals surface area contributed by atoms with Gasteiger partial charge in [-0.1, -0.05) is 18.2 Å². The fraction of sp³-hybridized carbons (Fsp3) is 0.455. The molecule has 0 radical (unpaired) electrons. The number of rotatable bonds is 3. The highest BCUT2D eigenvalue weighted by molar-refractivity contribution is 5.83. The second-order valence-electron chi connectivity index (χ2n) is 11.7. The van der Waals surface area contributed by atoms with Crippen molar-refractivity contribution in [1.82, 2.24) is 34.3 Å². The second kappa shape index (κ2) is 13.4. The summed E-state index contributed by atoms with van der Waals surface area (Å²) in [4.78, 5) is 34.4. The Morgan fingerprint density at radius 3 is 2.81 bits per heavy atom. The molecule has 0 saturated carbocycles. The fourth-order valence-electron chi connectivity index (χ4n) is 6.26. The van der Waals surface area contributed by atoms with E-state index in [2.05, 4.69) is 43.9 Å². The van der Waals surface area contributed by atoms with E-state index in [1.165, 1.54) is 16.6 Å². The molecule has 1 saturated heterocycles.